The zero-order valence-electron chi connectivity index (χ0n) is 36.0. The van der Waals surface area contributed by atoms with Gasteiger partial charge in [-0.05, 0) is 61.6 Å². The molecule has 1 aromatic heterocycles. The molecule has 3 aromatic rings. The van der Waals surface area contributed by atoms with Crippen molar-refractivity contribution in [2.75, 3.05) is 39.1 Å². The smallest absolute Gasteiger partial charge is 0.333 e. The van der Waals surface area contributed by atoms with E-state index in [1.54, 1.807) is 37.3 Å². The Labute approximate surface area is 365 Å². The predicted molar refractivity (Wildman–Crippen MR) is 228 cm³/mol. The SMILES string of the molecule is CC[C@H]1NC(=O)[C@@H](NC(=O)c2ncccc2O)[C@@H](C)OC(=O)[C@@H](c2ccccc2)NC(=O)[C@H]2CC(=O)CCN2C(=O)[C@@H](Cc2ccc(N(C)C)cc2)N(C)C(=O)[C@@H]2CCCN2C1=O. The van der Waals surface area contributed by atoms with E-state index in [4.69, 9.17) is 4.74 Å². The van der Waals surface area contributed by atoms with Crippen molar-refractivity contribution in [2.24, 2.45) is 0 Å². The summed E-state index contributed by atoms with van der Waals surface area (Å²) in [5, 5.41) is 18.2. The maximum Gasteiger partial charge on any atom is 0.333 e. The third-order valence-electron chi connectivity index (χ3n) is 11.8. The molecule has 6 amide bonds. The van der Waals surface area contributed by atoms with E-state index in [1.165, 1.54) is 47.0 Å². The van der Waals surface area contributed by atoms with Crippen LogP contribution in [0.5, 0.6) is 5.75 Å². The molecule has 0 radical (unpaired) electrons. The Morgan fingerprint density at radius 3 is 2.24 bits per heavy atom. The Morgan fingerprint density at radius 2 is 1.57 bits per heavy atom. The predicted octanol–water partition coefficient (Wildman–Crippen LogP) is 1.27. The van der Waals surface area contributed by atoms with Crippen LogP contribution in [0.15, 0.2) is 72.9 Å². The molecule has 7 atom stereocenters. The van der Waals surface area contributed by atoms with Gasteiger partial charge in [0.2, 0.25) is 29.5 Å². The van der Waals surface area contributed by atoms with Gasteiger partial charge in [0, 0.05) is 65.4 Å². The van der Waals surface area contributed by atoms with Crippen LogP contribution >= 0.6 is 0 Å². The number of aromatic nitrogens is 1. The Morgan fingerprint density at radius 1 is 0.873 bits per heavy atom. The molecule has 4 N–H and O–H groups in total. The number of esters is 1. The van der Waals surface area contributed by atoms with Gasteiger partial charge in [0.15, 0.2) is 11.7 Å². The number of piperidine rings is 1. The molecule has 3 aliphatic rings. The number of hydrogen-bond acceptors (Lipinski definition) is 12. The van der Waals surface area contributed by atoms with Crippen LogP contribution in [-0.2, 0) is 44.7 Å². The van der Waals surface area contributed by atoms with Crippen LogP contribution in [0.25, 0.3) is 0 Å². The van der Waals surface area contributed by atoms with Gasteiger partial charge in [0.05, 0.1) is 0 Å². The monoisotopic (exact) mass is 866 g/mol. The number of amides is 6. The number of rotatable bonds is 7. The van der Waals surface area contributed by atoms with Crippen LogP contribution in [0.1, 0.15) is 73.6 Å². The molecule has 0 unspecified atom stereocenters. The number of pyridine rings is 1. The lowest BCUT2D eigenvalue weighted by Gasteiger charge is -2.40. The third-order valence-corrected chi connectivity index (χ3v) is 11.8. The molecule has 3 aliphatic heterocycles. The zero-order chi connectivity index (χ0) is 45.5. The lowest BCUT2D eigenvalue weighted by molar-refractivity contribution is -0.156. The molecule has 0 aliphatic carbocycles. The van der Waals surface area contributed by atoms with Gasteiger partial charge >= 0.3 is 5.97 Å². The van der Waals surface area contributed by atoms with Crippen molar-refractivity contribution >= 4 is 52.9 Å². The topological polar surface area (TPSA) is 228 Å². The first kappa shape index (κ1) is 45.7. The van der Waals surface area contributed by atoms with Gasteiger partial charge in [-0.15, -0.1) is 0 Å². The normalized spacial score (nSPS) is 25.4. The zero-order valence-corrected chi connectivity index (χ0v) is 36.0. The first-order valence-electron chi connectivity index (χ1n) is 21.1. The van der Waals surface area contributed by atoms with Gasteiger partial charge in [-0.2, -0.15) is 0 Å². The maximum atomic E-state index is 15.0. The highest BCUT2D eigenvalue weighted by atomic mass is 16.5. The number of aromatic hydroxyl groups is 1. The van der Waals surface area contributed by atoms with Crippen molar-refractivity contribution in [1.82, 2.24) is 35.6 Å². The molecule has 0 saturated carbocycles. The lowest BCUT2D eigenvalue weighted by atomic mass is 9.95. The van der Waals surface area contributed by atoms with Gasteiger partial charge < -0.3 is 45.4 Å². The van der Waals surface area contributed by atoms with Crippen LogP contribution in [0.2, 0.25) is 0 Å². The van der Waals surface area contributed by atoms with Crippen molar-refractivity contribution in [3.63, 3.8) is 0 Å². The maximum absolute atomic E-state index is 15.0. The minimum absolute atomic E-state index is 0.0299. The van der Waals surface area contributed by atoms with E-state index in [1.807, 2.05) is 43.3 Å². The number of hydrogen-bond donors (Lipinski definition) is 4. The number of ether oxygens (including phenoxy) is 1. The summed E-state index contributed by atoms with van der Waals surface area (Å²) in [7, 11) is 5.25. The van der Waals surface area contributed by atoms with Crippen LogP contribution < -0.4 is 20.9 Å². The standard InChI is InChI=1S/C45H54N8O10/c1-6-31-42(59)52-22-11-14-32(52)43(60)51(5)34(24-27-16-18-29(19-17-27)50(3)4)44(61)53-23-20-30(54)25-33(53)39(56)49-37(28-12-8-7-9-13-28)45(62)63-26(2)36(40(57)47-31)48-41(58)38-35(55)15-10-21-46-38/h7-10,12-13,15-19,21,26,31-34,36-37,55H,6,11,14,20,22-25H2,1-5H3,(H,47,57)(H,48,58)(H,49,56)/t26-,31-,32+,33-,34-,36+,37-/m1/s1. The second-order valence-corrected chi connectivity index (χ2v) is 16.2. The fraction of sp³-hybridized carbons (Fsp3) is 0.444. The molecule has 3 fully saturated rings. The van der Waals surface area contributed by atoms with Crippen molar-refractivity contribution in [3.05, 3.63) is 89.7 Å². The van der Waals surface area contributed by atoms with Crippen molar-refractivity contribution in [2.45, 2.75) is 94.7 Å². The molecule has 3 saturated heterocycles. The molecule has 63 heavy (non-hydrogen) atoms. The molecular formula is C45H54N8O10. The molecule has 6 rings (SSSR count). The van der Waals surface area contributed by atoms with E-state index in [2.05, 4.69) is 20.9 Å². The summed E-state index contributed by atoms with van der Waals surface area (Å²) < 4.78 is 5.85. The largest absolute Gasteiger partial charge is 0.505 e. The van der Waals surface area contributed by atoms with Gasteiger partial charge in [-0.3, -0.25) is 33.6 Å². The minimum Gasteiger partial charge on any atom is -0.505 e. The van der Waals surface area contributed by atoms with Gasteiger partial charge in [-0.25, -0.2) is 9.78 Å². The number of Topliss-reactive ketones (excluding diaryl/α,β-unsaturated/α-hetero) is 1. The second kappa shape index (κ2) is 19.9. The molecule has 2 aromatic carbocycles. The van der Waals surface area contributed by atoms with E-state index < -0.39 is 95.2 Å². The quantitative estimate of drug-likeness (QED) is 0.247. The molecular weight excluding hydrogens is 813 g/mol. The Hall–Kier alpha value is -6.85. The average Bonchev–Trinajstić information content (AvgIpc) is 3.77. The van der Waals surface area contributed by atoms with Crippen LogP contribution in [0.4, 0.5) is 5.69 Å². The molecule has 18 nitrogen and oxygen atoms in total. The summed E-state index contributed by atoms with van der Waals surface area (Å²) in [6, 6.07) is 10.1. The second-order valence-electron chi connectivity index (χ2n) is 16.2. The molecule has 0 bridgehead atoms. The number of carbonyl (C=O) groups is 8. The first-order chi connectivity index (χ1) is 30.1. The van der Waals surface area contributed by atoms with E-state index in [-0.39, 0.29) is 56.5 Å². The van der Waals surface area contributed by atoms with E-state index in [9.17, 15) is 43.5 Å². The third kappa shape index (κ3) is 10.3. The molecule has 4 heterocycles. The van der Waals surface area contributed by atoms with Crippen molar-refractivity contribution < 1.29 is 48.2 Å². The molecule has 18 heteroatoms. The highest BCUT2D eigenvalue weighted by Crippen LogP contribution is 2.27. The van der Waals surface area contributed by atoms with Gasteiger partial charge in [0.1, 0.15) is 47.8 Å². The number of likely N-dealkylation sites (N-methyl/N-ethyl adjacent to an activating group) is 1. The number of nitrogens with one attached hydrogen (secondary N) is 3. The summed E-state index contributed by atoms with van der Waals surface area (Å²) in [4.78, 5) is 123. The van der Waals surface area contributed by atoms with E-state index in [0.717, 1.165) is 5.69 Å². The summed E-state index contributed by atoms with van der Waals surface area (Å²) in [5.74, 6) is -6.33. The number of anilines is 1. The highest BCUT2D eigenvalue weighted by Gasteiger charge is 2.45. The fourth-order valence-corrected chi connectivity index (χ4v) is 8.20. The molecule has 0 spiro atoms. The summed E-state index contributed by atoms with van der Waals surface area (Å²) in [6.45, 7) is 3.02. The number of fused-ring (bicyclic) bond motifs is 2. The number of ketones is 1. The number of benzene rings is 2. The summed E-state index contributed by atoms with van der Waals surface area (Å²) >= 11 is 0. The number of nitrogens with zero attached hydrogens (tertiary/aromatic N) is 5. The average molecular weight is 867 g/mol. The Balaban J connectivity index is 1.44. The Kier molecular flexibility index (Phi) is 14.4. The highest BCUT2D eigenvalue weighted by molar-refractivity contribution is 6.01. The van der Waals surface area contributed by atoms with Gasteiger partial charge in [-0.1, -0.05) is 49.4 Å². The number of carbonyl (C=O) groups excluding carboxylic acids is 8. The van der Waals surface area contributed by atoms with Crippen LogP contribution in [0, 0.1) is 0 Å². The number of cyclic esters (lactones) is 1. The summed E-state index contributed by atoms with van der Waals surface area (Å²) in [5.41, 5.74) is 1.45. The van der Waals surface area contributed by atoms with Crippen LogP contribution in [0.3, 0.4) is 0 Å². The minimum atomic E-state index is -1.68. The van der Waals surface area contributed by atoms with Crippen molar-refractivity contribution in [1.29, 1.82) is 0 Å². The Bertz CT molecular complexity index is 2220. The lowest BCUT2D eigenvalue weighted by Crippen LogP contribution is -2.61. The van der Waals surface area contributed by atoms with E-state index in [0.29, 0.717) is 12.0 Å². The van der Waals surface area contributed by atoms with Gasteiger partial charge in [0.25, 0.3) is 5.91 Å². The fourth-order valence-electron chi connectivity index (χ4n) is 8.20. The summed E-state index contributed by atoms with van der Waals surface area (Å²) in [6.07, 6.45) is 0.175. The van der Waals surface area contributed by atoms with Crippen LogP contribution in [-0.4, -0.2) is 143 Å². The molecule has 334 valence electrons. The first-order valence-corrected chi connectivity index (χ1v) is 21.1. The van der Waals surface area contributed by atoms with Crippen molar-refractivity contribution in [3.8, 4) is 5.75 Å². The van der Waals surface area contributed by atoms with E-state index >= 15 is 0 Å².